The largest absolute Gasteiger partial charge is 0.0642 e. The van der Waals surface area contributed by atoms with Gasteiger partial charge in [0.25, 0.3) is 0 Å². The topological polar surface area (TPSA) is 0 Å². The van der Waals surface area contributed by atoms with E-state index in [9.17, 15) is 0 Å². The number of hydrogen-bond acceptors (Lipinski definition) is 0. The van der Waals surface area contributed by atoms with Crippen LogP contribution in [0.1, 0.15) is 61.9 Å². The molecule has 1 radical (unpaired) electrons. The third-order valence-corrected chi connectivity index (χ3v) is 5.27. The first-order chi connectivity index (χ1) is 10.9. The predicted octanol–water partition coefficient (Wildman–Crippen LogP) is 6.11. The van der Waals surface area contributed by atoms with Crippen molar-refractivity contribution in [2.75, 3.05) is 0 Å². The van der Waals surface area contributed by atoms with Crippen molar-refractivity contribution in [3.05, 3.63) is 70.1 Å². The summed E-state index contributed by atoms with van der Waals surface area (Å²) in [4.78, 5) is 0. The average molecular weight is 301 g/mol. The normalized spacial score (nSPS) is 16.3. The van der Waals surface area contributed by atoms with Crippen LogP contribution < -0.4 is 0 Å². The fourth-order valence-electron chi connectivity index (χ4n) is 4.04. The second kappa shape index (κ2) is 5.09. The summed E-state index contributed by atoms with van der Waals surface area (Å²) >= 11 is 0. The molecule has 2 aromatic carbocycles. The second-order valence-corrected chi connectivity index (χ2v) is 8.11. The van der Waals surface area contributed by atoms with E-state index in [1.807, 2.05) is 0 Å². The fraction of sp³-hybridized carbons (Fsp3) is 0.348. The van der Waals surface area contributed by atoms with Crippen LogP contribution in [0.5, 0.6) is 0 Å². The third-order valence-electron chi connectivity index (χ3n) is 5.27. The minimum atomic E-state index is 0.212. The first-order valence-corrected chi connectivity index (χ1v) is 8.76. The van der Waals surface area contributed by atoms with Gasteiger partial charge in [0.2, 0.25) is 0 Å². The van der Waals surface area contributed by atoms with Crippen molar-refractivity contribution in [3.63, 3.8) is 0 Å². The summed E-state index contributed by atoms with van der Waals surface area (Å²) in [5.41, 5.74) is 11.9. The van der Waals surface area contributed by atoms with Crippen LogP contribution in [-0.2, 0) is 18.3 Å². The zero-order valence-electron chi connectivity index (χ0n) is 14.7. The lowest BCUT2D eigenvalue weighted by atomic mass is 9.84. The van der Waals surface area contributed by atoms with Gasteiger partial charge in [0.1, 0.15) is 0 Å². The monoisotopic (exact) mass is 301 g/mol. The lowest BCUT2D eigenvalue weighted by Gasteiger charge is -2.20. The summed E-state index contributed by atoms with van der Waals surface area (Å²) < 4.78 is 0. The second-order valence-electron chi connectivity index (χ2n) is 8.11. The maximum atomic E-state index is 2.43. The number of hydrogen-bond donors (Lipinski definition) is 0. The van der Waals surface area contributed by atoms with Crippen molar-refractivity contribution < 1.29 is 0 Å². The van der Waals surface area contributed by atoms with Gasteiger partial charge in [0.05, 0.1) is 0 Å². The van der Waals surface area contributed by atoms with Crippen LogP contribution in [0, 0.1) is 6.42 Å². The highest BCUT2D eigenvalue weighted by Crippen LogP contribution is 2.42. The molecule has 0 N–H and O–H groups in total. The number of benzene rings is 2. The van der Waals surface area contributed by atoms with Crippen molar-refractivity contribution >= 4 is 6.08 Å². The van der Waals surface area contributed by atoms with Gasteiger partial charge in [-0.05, 0) is 70.5 Å². The Morgan fingerprint density at radius 2 is 1.70 bits per heavy atom. The molecule has 4 rings (SSSR count). The van der Waals surface area contributed by atoms with E-state index in [1.165, 1.54) is 52.7 Å². The quantitative estimate of drug-likeness (QED) is 0.596. The van der Waals surface area contributed by atoms with Crippen LogP contribution in [0.15, 0.2) is 35.9 Å². The molecular formula is C23H25. The summed E-state index contributed by atoms with van der Waals surface area (Å²) in [5.74, 6) is 0. The van der Waals surface area contributed by atoms with Crippen molar-refractivity contribution in [1.29, 1.82) is 0 Å². The lowest BCUT2D eigenvalue weighted by Crippen LogP contribution is -2.10. The van der Waals surface area contributed by atoms with E-state index in [0.717, 1.165) is 0 Å². The van der Waals surface area contributed by atoms with E-state index >= 15 is 0 Å². The van der Waals surface area contributed by atoms with Crippen LogP contribution in [0.4, 0.5) is 0 Å². The average Bonchev–Trinajstić information content (AvgIpc) is 3.08. The van der Waals surface area contributed by atoms with Crippen molar-refractivity contribution in [2.24, 2.45) is 0 Å². The Hall–Kier alpha value is -1.82. The Kier molecular flexibility index (Phi) is 3.27. The summed E-state index contributed by atoms with van der Waals surface area (Å²) in [6.45, 7) is 9.04. The van der Waals surface area contributed by atoms with E-state index < -0.39 is 0 Å². The van der Waals surface area contributed by atoms with Gasteiger partial charge in [-0.2, -0.15) is 0 Å². The number of rotatable bonds is 1. The Morgan fingerprint density at radius 3 is 2.39 bits per heavy atom. The maximum absolute atomic E-state index is 2.43. The number of fused-ring (bicyclic) bond motifs is 2. The summed E-state index contributed by atoms with van der Waals surface area (Å²) in [6.07, 6.45) is 8.46. The smallest absolute Gasteiger partial charge is 0.0161 e. The molecule has 0 heteroatoms. The van der Waals surface area contributed by atoms with E-state index in [1.54, 1.807) is 11.1 Å². The van der Waals surface area contributed by atoms with E-state index in [2.05, 4.69) is 70.5 Å². The van der Waals surface area contributed by atoms with E-state index in [0.29, 0.717) is 0 Å². The molecule has 2 aliphatic carbocycles. The van der Waals surface area contributed by atoms with Crippen LogP contribution in [0.3, 0.4) is 0 Å². The molecule has 0 spiro atoms. The number of allylic oxidation sites excluding steroid dienone is 1. The first kappa shape index (κ1) is 14.8. The molecule has 0 amide bonds. The first-order valence-electron chi connectivity index (χ1n) is 8.76. The summed E-state index contributed by atoms with van der Waals surface area (Å²) in [6, 6.07) is 11.7. The third kappa shape index (κ3) is 2.45. The van der Waals surface area contributed by atoms with Crippen LogP contribution in [-0.4, -0.2) is 0 Å². The van der Waals surface area contributed by atoms with Gasteiger partial charge < -0.3 is 0 Å². The Bertz CT molecular complexity index is 795. The molecule has 23 heavy (non-hydrogen) atoms. The molecule has 0 unspecified atom stereocenters. The zero-order chi connectivity index (χ0) is 16.2. The van der Waals surface area contributed by atoms with E-state index in [4.69, 9.17) is 0 Å². The predicted molar refractivity (Wildman–Crippen MR) is 99.7 cm³/mol. The van der Waals surface area contributed by atoms with Gasteiger partial charge in [0, 0.05) is 6.42 Å². The highest BCUT2D eigenvalue weighted by atomic mass is 14.3. The van der Waals surface area contributed by atoms with Crippen LogP contribution in [0.25, 0.3) is 17.2 Å². The zero-order valence-corrected chi connectivity index (χ0v) is 14.7. The molecule has 117 valence electrons. The Balaban J connectivity index is 1.89. The molecule has 0 aromatic heterocycles. The minimum absolute atomic E-state index is 0.212. The highest BCUT2D eigenvalue weighted by molar-refractivity contribution is 5.86. The van der Waals surface area contributed by atoms with Gasteiger partial charge in [-0.1, -0.05) is 62.8 Å². The van der Waals surface area contributed by atoms with Crippen LogP contribution in [0.2, 0.25) is 0 Å². The summed E-state index contributed by atoms with van der Waals surface area (Å²) in [5, 5.41) is 0. The van der Waals surface area contributed by atoms with Gasteiger partial charge in [-0.15, -0.1) is 0 Å². The molecule has 2 aliphatic rings. The summed E-state index contributed by atoms with van der Waals surface area (Å²) in [7, 11) is 0. The van der Waals surface area contributed by atoms with Gasteiger partial charge in [-0.25, -0.2) is 0 Å². The van der Waals surface area contributed by atoms with Crippen molar-refractivity contribution in [3.8, 4) is 11.1 Å². The van der Waals surface area contributed by atoms with Crippen molar-refractivity contribution in [1.82, 2.24) is 0 Å². The molecule has 0 saturated carbocycles. The Morgan fingerprint density at radius 1 is 0.957 bits per heavy atom. The molecule has 0 heterocycles. The fourth-order valence-corrected chi connectivity index (χ4v) is 4.04. The molecule has 0 fully saturated rings. The highest BCUT2D eigenvalue weighted by Gasteiger charge is 2.24. The molecule has 0 bridgehead atoms. The molecular weight excluding hydrogens is 276 g/mol. The Labute approximate surface area is 140 Å². The lowest BCUT2D eigenvalue weighted by molar-refractivity contribution is 0.590. The minimum Gasteiger partial charge on any atom is -0.0642 e. The van der Waals surface area contributed by atoms with E-state index in [-0.39, 0.29) is 5.41 Å². The van der Waals surface area contributed by atoms with Gasteiger partial charge >= 0.3 is 0 Å². The number of aryl methyl sites for hydroxylation is 1. The molecule has 2 aromatic rings. The SMILES string of the molecule is CC1=Cc2c(cc3c(c2-c2ccc(C(C)(C)C)cc2)CCC3)[CH]1. The standard InChI is InChI=1S/C23H25/c1-15-12-18-14-17-6-5-7-20(17)22(21(18)13-15)16-8-10-19(11-9-16)23(2,3)4/h8-14H,5-7H2,1-4H3. The van der Waals surface area contributed by atoms with Crippen LogP contribution >= 0.6 is 0 Å². The molecule has 0 saturated heterocycles. The maximum Gasteiger partial charge on any atom is 0.0161 e. The van der Waals surface area contributed by atoms with Gasteiger partial charge in [0.15, 0.2) is 0 Å². The molecule has 0 nitrogen and oxygen atoms in total. The van der Waals surface area contributed by atoms with Gasteiger partial charge in [-0.3, -0.25) is 0 Å². The van der Waals surface area contributed by atoms with Crippen molar-refractivity contribution in [2.45, 2.75) is 52.4 Å². The molecule has 0 aliphatic heterocycles. The molecule has 0 atom stereocenters.